The van der Waals surface area contributed by atoms with Crippen molar-refractivity contribution in [3.05, 3.63) is 86.9 Å². The molecule has 0 aromatic heterocycles. The molecule has 0 aliphatic rings. The Hall–Kier alpha value is -3.59. The van der Waals surface area contributed by atoms with E-state index in [-0.39, 0.29) is 16.5 Å². The number of nitrogens with zero attached hydrogens (tertiary/aromatic N) is 1. The fraction of sp³-hybridized carbons (Fsp3) is 0.0833. The summed E-state index contributed by atoms with van der Waals surface area (Å²) in [6, 6.07) is 15.4. The molecule has 2 amide bonds. The highest BCUT2D eigenvalue weighted by Crippen LogP contribution is 2.29. The zero-order valence-electron chi connectivity index (χ0n) is 18.2. The van der Waals surface area contributed by atoms with Crippen LogP contribution in [-0.2, 0) is 9.59 Å². The molecule has 0 spiro atoms. The molecule has 180 valence electrons. The Morgan fingerprint density at radius 2 is 1.60 bits per heavy atom. The Balaban J connectivity index is 1.64. The molecule has 0 atom stereocenters. The molecule has 8 nitrogen and oxygen atoms in total. The topological polar surface area (TPSA) is 106 Å². The van der Waals surface area contributed by atoms with E-state index in [0.29, 0.717) is 33.5 Å². The van der Waals surface area contributed by atoms with E-state index in [9.17, 15) is 14.4 Å². The summed E-state index contributed by atoms with van der Waals surface area (Å²) < 4.78 is 11.0. The van der Waals surface area contributed by atoms with Gasteiger partial charge in [0.15, 0.2) is 11.5 Å². The van der Waals surface area contributed by atoms with Gasteiger partial charge in [0, 0.05) is 10.0 Å². The van der Waals surface area contributed by atoms with Gasteiger partial charge >= 0.3 is 17.8 Å². The second kappa shape index (κ2) is 12.2. The molecule has 0 unspecified atom stereocenters. The predicted octanol–water partition coefficient (Wildman–Crippen LogP) is 5.35. The van der Waals surface area contributed by atoms with Crippen molar-refractivity contribution in [2.75, 3.05) is 11.9 Å². The molecule has 0 aliphatic carbocycles. The summed E-state index contributed by atoms with van der Waals surface area (Å²) in [4.78, 5) is 36.5. The van der Waals surface area contributed by atoms with Gasteiger partial charge in [0.1, 0.15) is 0 Å². The summed E-state index contributed by atoms with van der Waals surface area (Å²) in [6.07, 6.45) is 1.30. The largest absolute Gasteiger partial charge is 0.490 e. The van der Waals surface area contributed by atoms with Gasteiger partial charge in [-0.2, -0.15) is 5.10 Å². The molecule has 0 saturated heterocycles. The van der Waals surface area contributed by atoms with Gasteiger partial charge in [0.2, 0.25) is 0 Å². The van der Waals surface area contributed by atoms with Crippen LogP contribution in [0.4, 0.5) is 5.69 Å². The number of esters is 1. The number of amides is 2. The van der Waals surface area contributed by atoms with E-state index in [1.54, 1.807) is 49.4 Å². The molecular formula is C24H18Cl3N3O5. The lowest BCUT2D eigenvalue weighted by atomic mass is 10.2. The minimum atomic E-state index is -1.02. The number of ether oxygens (including phenoxy) is 2. The number of hydrogen-bond acceptors (Lipinski definition) is 6. The highest BCUT2D eigenvalue weighted by atomic mass is 35.5. The van der Waals surface area contributed by atoms with Crippen LogP contribution in [0.15, 0.2) is 65.8 Å². The van der Waals surface area contributed by atoms with Gasteiger partial charge in [0.05, 0.1) is 29.1 Å². The van der Waals surface area contributed by atoms with Crippen molar-refractivity contribution in [3.63, 3.8) is 0 Å². The molecule has 35 heavy (non-hydrogen) atoms. The van der Waals surface area contributed by atoms with E-state index in [4.69, 9.17) is 44.3 Å². The van der Waals surface area contributed by atoms with Crippen LogP contribution in [0.25, 0.3) is 0 Å². The first kappa shape index (κ1) is 26.0. The summed E-state index contributed by atoms with van der Waals surface area (Å²) in [5.74, 6) is -2.09. The number of benzene rings is 3. The first-order valence-electron chi connectivity index (χ1n) is 10.1. The van der Waals surface area contributed by atoms with Crippen LogP contribution in [-0.4, -0.2) is 30.6 Å². The van der Waals surface area contributed by atoms with Crippen molar-refractivity contribution in [3.8, 4) is 11.5 Å². The molecule has 11 heteroatoms. The number of hydrogen-bond donors (Lipinski definition) is 2. The maximum atomic E-state index is 12.4. The first-order chi connectivity index (χ1) is 16.8. The van der Waals surface area contributed by atoms with Gasteiger partial charge in [-0.25, -0.2) is 10.2 Å². The molecule has 3 rings (SSSR count). The number of hydrazone groups is 1. The maximum Gasteiger partial charge on any atom is 0.343 e. The zero-order chi connectivity index (χ0) is 25.4. The molecule has 0 radical (unpaired) electrons. The highest BCUT2D eigenvalue weighted by molar-refractivity contribution is 6.42. The van der Waals surface area contributed by atoms with Gasteiger partial charge in [-0.3, -0.25) is 9.59 Å². The van der Waals surface area contributed by atoms with Gasteiger partial charge in [0.25, 0.3) is 0 Å². The van der Waals surface area contributed by atoms with Crippen molar-refractivity contribution in [2.45, 2.75) is 6.92 Å². The third-order valence-electron chi connectivity index (χ3n) is 4.31. The summed E-state index contributed by atoms with van der Waals surface area (Å²) >= 11 is 17.7. The summed E-state index contributed by atoms with van der Waals surface area (Å²) in [6.45, 7) is 2.09. The number of halogens is 3. The number of rotatable bonds is 7. The summed E-state index contributed by atoms with van der Waals surface area (Å²) in [5, 5.41) is 7.18. The molecule has 3 aromatic rings. The molecule has 0 heterocycles. The van der Waals surface area contributed by atoms with Crippen molar-refractivity contribution in [1.82, 2.24) is 5.43 Å². The first-order valence-corrected chi connectivity index (χ1v) is 11.2. The minimum Gasteiger partial charge on any atom is -0.490 e. The average Bonchev–Trinajstić information content (AvgIpc) is 2.83. The van der Waals surface area contributed by atoms with Crippen LogP contribution >= 0.6 is 34.8 Å². The SMILES string of the molecule is CCOc1cc(/C=N\NC(=O)C(=O)Nc2cc(Cl)ccc2Cl)ccc1OC(=O)c1ccc(Cl)cc1. The third kappa shape index (κ3) is 7.45. The van der Waals surface area contributed by atoms with E-state index in [1.807, 2.05) is 0 Å². The molecule has 2 N–H and O–H groups in total. The summed E-state index contributed by atoms with van der Waals surface area (Å²) in [7, 11) is 0. The van der Waals surface area contributed by atoms with Crippen LogP contribution in [0, 0.1) is 0 Å². The van der Waals surface area contributed by atoms with Crippen molar-refractivity contribution in [1.29, 1.82) is 0 Å². The zero-order valence-corrected chi connectivity index (χ0v) is 20.4. The Labute approximate surface area is 215 Å². The minimum absolute atomic E-state index is 0.188. The van der Waals surface area contributed by atoms with E-state index >= 15 is 0 Å². The van der Waals surface area contributed by atoms with Crippen LogP contribution in [0.5, 0.6) is 11.5 Å². The van der Waals surface area contributed by atoms with E-state index in [1.165, 1.54) is 24.4 Å². The van der Waals surface area contributed by atoms with Gasteiger partial charge in [-0.05, 0) is 73.2 Å². The lowest BCUT2D eigenvalue weighted by molar-refractivity contribution is -0.136. The predicted molar refractivity (Wildman–Crippen MR) is 135 cm³/mol. The second-order valence-electron chi connectivity index (χ2n) is 6.81. The van der Waals surface area contributed by atoms with Crippen molar-refractivity contribution in [2.24, 2.45) is 5.10 Å². The molecule has 0 saturated carbocycles. The molecule has 3 aromatic carbocycles. The van der Waals surface area contributed by atoms with Crippen molar-refractivity contribution < 1.29 is 23.9 Å². The molecule has 0 bridgehead atoms. The van der Waals surface area contributed by atoms with E-state index < -0.39 is 17.8 Å². The van der Waals surface area contributed by atoms with Crippen LogP contribution in [0.2, 0.25) is 15.1 Å². The van der Waals surface area contributed by atoms with Gasteiger partial charge < -0.3 is 14.8 Å². The Kier molecular flexibility index (Phi) is 9.08. The second-order valence-corrected chi connectivity index (χ2v) is 8.09. The lowest BCUT2D eigenvalue weighted by Crippen LogP contribution is -2.32. The maximum absolute atomic E-state index is 12.4. The molecule has 0 aliphatic heterocycles. The molecular weight excluding hydrogens is 517 g/mol. The van der Waals surface area contributed by atoms with Gasteiger partial charge in [-0.1, -0.05) is 34.8 Å². The van der Waals surface area contributed by atoms with Gasteiger partial charge in [-0.15, -0.1) is 0 Å². The quantitative estimate of drug-likeness (QED) is 0.140. The Morgan fingerprint density at radius 3 is 2.31 bits per heavy atom. The number of nitrogens with one attached hydrogen (secondary N) is 2. The number of anilines is 1. The average molecular weight is 535 g/mol. The van der Waals surface area contributed by atoms with Crippen LogP contribution in [0.3, 0.4) is 0 Å². The fourth-order valence-electron chi connectivity index (χ4n) is 2.69. The lowest BCUT2D eigenvalue weighted by Gasteiger charge is -2.11. The number of carbonyl (C=O) groups excluding carboxylic acids is 3. The fourth-order valence-corrected chi connectivity index (χ4v) is 3.15. The monoisotopic (exact) mass is 533 g/mol. The normalized spacial score (nSPS) is 10.6. The van der Waals surface area contributed by atoms with Crippen LogP contribution < -0.4 is 20.2 Å². The standard InChI is InChI=1S/C24H18Cl3N3O5/c1-2-34-21-11-14(3-10-20(21)35-24(33)15-4-6-16(25)7-5-15)13-28-30-23(32)22(31)29-19-12-17(26)8-9-18(19)27/h3-13H,2H2,1H3,(H,29,31)(H,30,32)/b28-13-. The van der Waals surface area contributed by atoms with E-state index in [2.05, 4.69) is 15.8 Å². The third-order valence-corrected chi connectivity index (χ3v) is 5.13. The Bertz CT molecular complexity index is 1280. The molecule has 0 fully saturated rings. The van der Waals surface area contributed by atoms with E-state index in [0.717, 1.165) is 0 Å². The number of carbonyl (C=O) groups is 3. The van der Waals surface area contributed by atoms with Crippen LogP contribution in [0.1, 0.15) is 22.8 Å². The smallest absolute Gasteiger partial charge is 0.343 e. The van der Waals surface area contributed by atoms with Crippen molar-refractivity contribution >= 4 is 64.5 Å². The Morgan fingerprint density at radius 1 is 0.886 bits per heavy atom. The highest BCUT2D eigenvalue weighted by Gasteiger charge is 2.16. The summed E-state index contributed by atoms with van der Waals surface area (Å²) in [5.41, 5.74) is 3.14.